The minimum atomic E-state index is -3.52. The van der Waals surface area contributed by atoms with E-state index in [0.29, 0.717) is 25.8 Å². The van der Waals surface area contributed by atoms with Crippen molar-refractivity contribution < 1.29 is 18.3 Å². The Morgan fingerprint density at radius 2 is 2.12 bits per heavy atom. The van der Waals surface area contributed by atoms with Crippen molar-refractivity contribution >= 4 is 16.2 Å². The lowest BCUT2D eigenvalue weighted by molar-refractivity contribution is -0.148. The molecule has 0 aromatic rings. The SMILES string of the molecule is CCCNS(=O)(=O)N1CCC(CC)(C(=O)O)C1. The van der Waals surface area contributed by atoms with Crippen molar-refractivity contribution in [1.29, 1.82) is 0 Å². The molecule has 2 N–H and O–H groups in total. The molecular formula is C10H20N2O4S. The quantitative estimate of drug-likeness (QED) is 0.728. The third-order valence-electron chi connectivity index (χ3n) is 3.32. The van der Waals surface area contributed by atoms with Gasteiger partial charge in [0.1, 0.15) is 0 Å². The van der Waals surface area contributed by atoms with Gasteiger partial charge in [-0.2, -0.15) is 12.7 Å². The third-order valence-corrected chi connectivity index (χ3v) is 4.88. The minimum Gasteiger partial charge on any atom is -0.481 e. The number of hydrogen-bond acceptors (Lipinski definition) is 3. The van der Waals surface area contributed by atoms with E-state index in [1.54, 1.807) is 6.92 Å². The van der Waals surface area contributed by atoms with Gasteiger partial charge < -0.3 is 5.11 Å². The summed E-state index contributed by atoms with van der Waals surface area (Å²) in [6.45, 7) is 4.38. The Labute approximate surface area is 102 Å². The molecule has 6 nitrogen and oxygen atoms in total. The molecule has 0 amide bonds. The lowest BCUT2D eigenvalue weighted by Crippen LogP contribution is -2.42. The predicted molar refractivity (Wildman–Crippen MR) is 63.8 cm³/mol. The fourth-order valence-electron chi connectivity index (χ4n) is 1.98. The summed E-state index contributed by atoms with van der Waals surface area (Å²) >= 11 is 0. The summed E-state index contributed by atoms with van der Waals surface area (Å²) < 4.78 is 27.4. The molecule has 0 aromatic carbocycles. The first kappa shape index (κ1) is 14.4. The Kier molecular flexibility index (Phi) is 4.51. The maximum atomic E-state index is 11.8. The van der Waals surface area contributed by atoms with Crippen molar-refractivity contribution in [2.75, 3.05) is 19.6 Å². The Bertz CT molecular complexity index is 382. The van der Waals surface area contributed by atoms with Crippen molar-refractivity contribution in [2.45, 2.75) is 33.1 Å². The van der Waals surface area contributed by atoms with Crippen molar-refractivity contribution in [1.82, 2.24) is 9.03 Å². The van der Waals surface area contributed by atoms with Crippen LogP contribution in [0.1, 0.15) is 33.1 Å². The summed E-state index contributed by atoms with van der Waals surface area (Å²) in [5, 5.41) is 9.18. The van der Waals surface area contributed by atoms with Crippen LogP contribution in [0, 0.1) is 5.41 Å². The van der Waals surface area contributed by atoms with Crippen LogP contribution in [0.4, 0.5) is 0 Å². The zero-order valence-electron chi connectivity index (χ0n) is 10.3. The zero-order valence-corrected chi connectivity index (χ0v) is 11.1. The number of carboxylic acids is 1. The molecule has 1 atom stereocenters. The van der Waals surface area contributed by atoms with Gasteiger partial charge >= 0.3 is 5.97 Å². The number of nitrogens with zero attached hydrogens (tertiary/aromatic N) is 1. The van der Waals surface area contributed by atoms with E-state index >= 15 is 0 Å². The Morgan fingerprint density at radius 3 is 2.53 bits per heavy atom. The highest BCUT2D eigenvalue weighted by molar-refractivity contribution is 7.87. The van der Waals surface area contributed by atoms with Crippen molar-refractivity contribution in [3.8, 4) is 0 Å². The first-order valence-electron chi connectivity index (χ1n) is 5.86. The van der Waals surface area contributed by atoms with Gasteiger partial charge in [-0.25, -0.2) is 4.72 Å². The van der Waals surface area contributed by atoms with E-state index in [2.05, 4.69) is 4.72 Å². The largest absolute Gasteiger partial charge is 0.481 e. The standard InChI is InChI=1S/C10H20N2O4S/c1-3-6-11-17(15,16)12-7-5-10(4-2,8-12)9(13)14/h11H,3-8H2,1-2H3,(H,13,14). The van der Waals surface area contributed by atoms with Gasteiger partial charge in [-0.05, 0) is 19.3 Å². The average molecular weight is 264 g/mol. The summed E-state index contributed by atoms with van der Waals surface area (Å²) in [7, 11) is -3.52. The molecule has 7 heteroatoms. The van der Waals surface area contributed by atoms with E-state index < -0.39 is 21.6 Å². The van der Waals surface area contributed by atoms with Crippen LogP contribution in [0.25, 0.3) is 0 Å². The molecule has 0 spiro atoms. The molecule has 1 unspecified atom stereocenters. The van der Waals surface area contributed by atoms with Gasteiger partial charge in [-0.1, -0.05) is 13.8 Å². The molecule has 0 aromatic heterocycles. The first-order valence-corrected chi connectivity index (χ1v) is 7.30. The van der Waals surface area contributed by atoms with Crippen molar-refractivity contribution in [3.05, 3.63) is 0 Å². The highest BCUT2D eigenvalue weighted by Crippen LogP contribution is 2.35. The Hall–Kier alpha value is -0.660. The maximum absolute atomic E-state index is 11.8. The molecule has 0 saturated carbocycles. The van der Waals surface area contributed by atoms with Gasteiger partial charge in [0.25, 0.3) is 10.2 Å². The number of carbonyl (C=O) groups is 1. The van der Waals surface area contributed by atoms with Gasteiger partial charge in [-0.3, -0.25) is 4.79 Å². The molecule has 0 aliphatic carbocycles. The van der Waals surface area contributed by atoms with Gasteiger partial charge in [0.05, 0.1) is 5.41 Å². The molecule has 1 saturated heterocycles. The second-order valence-corrected chi connectivity index (χ2v) is 6.18. The highest BCUT2D eigenvalue weighted by atomic mass is 32.2. The molecule has 0 radical (unpaired) electrons. The van der Waals surface area contributed by atoms with Crippen LogP contribution in [0.15, 0.2) is 0 Å². The second-order valence-electron chi connectivity index (χ2n) is 4.42. The topological polar surface area (TPSA) is 86.7 Å². The molecular weight excluding hydrogens is 244 g/mol. The van der Waals surface area contributed by atoms with Gasteiger partial charge in [0.15, 0.2) is 0 Å². The van der Waals surface area contributed by atoms with Crippen LogP contribution in [-0.2, 0) is 15.0 Å². The highest BCUT2D eigenvalue weighted by Gasteiger charge is 2.46. The first-order chi connectivity index (χ1) is 7.88. The molecule has 100 valence electrons. The Balaban J connectivity index is 2.76. The van der Waals surface area contributed by atoms with Crippen LogP contribution in [-0.4, -0.2) is 43.4 Å². The van der Waals surface area contributed by atoms with Gasteiger partial charge in [-0.15, -0.1) is 0 Å². The lowest BCUT2D eigenvalue weighted by atomic mass is 9.85. The summed E-state index contributed by atoms with van der Waals surface area (Å²) in [6.07, 6.45) is 1.54. The number of hydrogen-bond donors (Lipinski definition) is 2. The fraction of sp³-hybridized carbons (Fsp3) is 0.900. The van der Waals surface area contributed by atoms with Crippen LogP contribution >= 0.6 is 0 Å². The average Bonchev–Trinajstić information content (AvgIpc) is 2.72. The predicted octanol–water partition coefficient (Wildman–Crippen LogP) is 0.417. The Morgan fingerprint density at radius 1 is 1.47 bits per heavy atom. The lowest BCUT2D eigenvalue weighted by Gasteiger charge is -2.22. The molecule has 0 bridgehead atoms. The summed E-state index contributed by atoms with van der Waals surface area (Å²) in [4.78, 5) is 11.2. The summed E-state index contributed by atoms with van der Waals surface area (Å²) in [5.74, 6) is -0.909. The minimum absolute atomic E-state index is 0.0673. The second kappa shape index (κ2) is 5.32. The molecule has 1 heterocycles. The zero-order chi connectivity index (χ0) is 13.1. The molecule has 17 heavy (non-hydrogen) atoms. The van der Waals surface area contributed by atoms with Gasteiger partial charge in [0.2, 0.25) is 0 Å². The normalized spacial score (nSPS) is 26.2. The number of rotatable bonds is 6. The number of aliphatic carboxylic acids is 1. The van der Waals surface area contributed by atoms with Crippen molar-refractivity contribution in [3.63, 3.8) is 0 Å². The van der Waals surface area contributed by atoms with Crippen LogP contribution in [0.3, 0.4) is 0 Å². The van der Waals surface area contributed by atoms with E-state index in [9.17, 15) is 18.3 Å². The monoisotopic (exact) mass is 264 g/mol. The van der Waals surface area contributed by atoms with Crippen LogP contribution in [0.2, 0.25) is 0 Å². The molecule has 1 aliphatic rings. The van der Waals surface area contributed by atoms with Gasteiger partial charge in [0, 0.05) is 19.6 Å². The van der Waals surface area contributed by atoms with E-state index in [1.165, 1.54) is 4.31 Å². The molecule has 1 rings (SSSR count). The van der Waals surface area contributed by atoms with Crippen molar-refractivity contribution in [2.24, 2.45) is 5.41 Å². The fourth-order valence-corrected chi connectivity index (χ4v) is 3.37. The van der Waals surface area contributed by atoms with E-state index in [-0.39, 0.29) is 13.1 Å². The molecule has 1 aliphatic heterocycles. The maximum Gasteiger partial charge on any atom is 0.311 e. The van der Waals surface area contributed by atoms with Crippen LogP contribution < -0.4 is 4.72 Å². The number of nitrogens with one attached hydrogen (secondary N) is 1. The van der Waals surface area contributed by atoms with E-state index in [1.807, 2.05) is 6.92 Å². The smallest absolute Gasteiger partial charge is 0.311 e. The van der Waals surface area contributed by atoms with E-state index in [4.69, 9.17) is 0 Å². The third kappa shape index (κ3) is 2.97. The van der Waals surface area contributed by atoms with Crippen LogP contribution in [0.5, 0.6) is 0 Å². The number of carboxylic acid groups (broad SMARTS) is 1. The summed E-state index contributed by atoms with van der Waals surface area (Å²) in [6, 6.07) is 0. The summed E-state index contributed by atoms with van der Waals surface area (Å²) in [5.41, 5.74) is -0.916. The van der Waals surface area contributed by atoms with E-state index in [0.717, 1.165) is 0 Å². The molecule has 1 fully saturated rings.